The van der Waals surface area contributed by atoms with Crippen LogP contribution in [-0.2, 0) is 10.7 Å². The molecule has 2 N–H and O–H groups in total. The smallest absolute Gasteiger partial charge is 0.317 e. The van der Waals surface area contributed by atoms with Gasteiger partial charge in [-0.2, -0.15) is 8.78 Å². The molecule has 0 spiro atoms. The molecule has 9 heteroatoms. The third-order valence-corrected chi connectivity index (χ3v) is 7.07. The Labute approximate surface area is 175 Å². The van der Waals surface area contributed by atoms with Crippen molar-refractivity contribution >= 4 is 23.2 Å². The van der Waals surface area contributed by atoms with Crippen molar-refractivity contribution in [1.29, 1.82) is 0 Å². The lowest BCUT2D eigenvalue weighted by molar-refractivity contribution is -0.135. The molecule has 3 heterocycles. The Morgan fingerprint density at radius 1 is 1.43 bits per heavy atom. The van der Waals surface area contributed by atoms with E-state index >= 15 is 0 Å². The van der Waals surface area contributed by atoms with Crippen molar-refractivity contribution in [3.8, 4) is 28.8 Å². The van der Waals surface area contributed by atoms with Crippen molar-refractivity contribution in [3.63, 3.8) is 0 Å². The molecule has 2 atom stereocenters. The highest BCUT2D eigenvalue weighted by Crippen LogP contribution is 2.57. The van der Waals surface area contributed by atoms with Crippen LogP contribution in [0.15, 0.2) is 18.2 Å². The minimum absolute atomic E-state index is 0.0223. The lowest BCUT2D eigenvalue weighted by Gasteiger charge is -2.26. The van der Waals surface area contributed by atoms with E-state index in [1.807, 2.05) is 0 Å². The van der Waals surface area contributed by atoms with Crippen LogP contribution in [0.2, 0.25) is 0 Å². The van der Waals surface area contributed by atoms with Crippen LogP contribution < -0.4 is 10.5 Å². The SMILES string of the molecule is CN1CCC2C[C@]2(C#Cc2ccc3c(c2)-c2nc(C(N)=O)sc2C(F)(F)CO3)C1=O. The summed E-state index contributed by atoms with van der Waals surface area (Å²) in [7, 11) is 1.78. The quantitative estimate of drug-likeness (QED) is 0.707. The molecule has 5 rings (SSSR count). The van der Waals surface area contributed by atoms with Gasteiger partial charge in [-0.3, -0.25) is 9.59 Å². The summed E-state index contributed by atoms with van der Waals surface area (Å²) in [6, 6.07) is 4.84. The second-order valence-corrected chi connectivity index (χ2v) is 8.90. The number of hydrogen-bond acceptors (Lipinski definition) is 5. The number of amides is 2. The van der Waals surface area contributed by atoms with Crippen molar-refractivity contribution in [3.05, 3.63) is 33.6 Å². The Kier molecular flexibility index (Phi) is 3.96. The van der Waals surface area contributed by atoms with E-state index in [1.165, 1.54) is 0 Å². The minimum Gasteiger partial charge on any atom is -0.486 e. The van der Waals surface area contributed by atoms with E-state index < -0.39 is 23.9 Å². The van der Waals surface area contributed by atoms with Crippen LogP contribution in [-0.4, -0.2) is 41.9 Å². The monoisotopic (exact) mass is 429 g/mol. The molecule has 2 aliphatic heterocycles. The molecule has 1 unspecified atom stereocenters. The van der Waals surface area contributed by atoms with E-state index in [2.05, 4.69) is 16.8 Å². The third-order valence-electron chi connectivity index (χ3n) is 5.89. The topological polar surface area (TPSA) is 85.5 Å². The third kappa shape index (κ3) is 2.78. The maximum atomic E-state index is 14.5. The van der Waals surface area contributed by atoms with Gasteiger partial charge in [-0.25, -0.2) is 4.98 Å². The molecule has 0 bridgehead atoms. The number of nitrogens with two attached hydrogens (primary N) is 1. The number of nitrogens with zero attached hydrogens (tertiary/aromatic N) is 2. The minimum atomic E-state index is -3.30. The largest absolute Gasteiger partial charge is 0.486 e. The van der Waals surface area contributed by atoms with Crippen LogP contribution in [0.25, 0.3) is 11.3 Å². The fourth-order valence-corrected chi connectivity index (χ4v) is 5.02. The number of halogens is 2. The average molecular weight is 429 g/mol. The molecule has 1 aliphatic carbocycles. The number of rotatable bonds is 1. The molecular formula is C21H17F2N3O3S. The van der Waals surface area contributed by atoms with Crippen LogP contribution in [0.4, 0.5) is 8.78 Å². The summed E-state index contributed by atoms with van der Waals surface area (Å²) in [5.41, 5.74) is 5.49. The van der Waals surface area contributed by atoms with Gasteiger partial charge >= 0.3 is 5.92 Å². The number of ether oxygens (including phenoxy) is 1. The molecule has 2 aromatic rings. The fourth-order valence-electron chi connectivity index (χ4n) is 4.13. The molecule has 3 aliphatic rings. The van der Waals surface area contributed by atoms with E-state index in [0.29, 0.717) is 22.5 Å². The number of thiazole rings is 1. The van der Waals surface area contributed by atoms with E-state index in [-0.39, 0.29) is 33.2 Å². The number of piperidine rings is 1. The van der Waals surface area contributed by atoms with Gasteiger partial charge in [-0.05, 0) is 37.0 Å². The van der Waals surface area contributed by atoms with Crippen LogP contribution in [0.3, 0.4) is 0 Å². The zero-order valence-electron chi connectivity index (χ0n) is 16.0. The van der Waals surface area contributed by atoms with Gasteiger partial charge < -0.3 is 15.4 Å². The molecule has 6 nitrogen and oxygen atoms in total. The molecule has 1 aromatic carbocycles. The van der Waals surface area contributed by atoms with Gasteiger partial charge in [-0.15, -0.1) is 11.3 Å². The molecule has 1 saturated heterocycles. The number of alkyl halides is 2. The highest BCUT2D eigenvalue weighted by atomic mass is 32.1. The van der Waals surface area contributed by atoms with Gasteiger partial charge in [0.15, 0.2) is 11.6 Å². The van der Waals surface area contributed by atoms with Gasteiger partial charge in [0.25, 0.3) is 5.91 Å². The molecule has 2 amide bonds. The molecule has 154 valence electrons. The Bertz CT molecular complexity index is 1170. The second kappa shape index (κ2) is 6.25. The summed E-state index contributed by atoms with van der Waals surface area (Å²) in [5, 5.41) is -0.181. The van der Waals surface area contributed by atoms with E-state index in [1.54, 1.807) is 30.1 Å². The average Bonchev–Trinajstić information content (AvgIpc) is 3.28. The summed E-state index contributed by atoms with van der Waals surface area (Å²) in [6.07, 6.45) is 1.68. The number of aromatic nitrogens is 1. The first-order chi connectivity index (χ1) is 14.2. The number of hydrogen-bond donors (Lipinski definition) is 1. The molecule has 0 radical (unpaired) electrons. The summed E-state index contributed by atoms with van der Waals surface area (Å²) in [5.74, 6) is 2.56. The van der Waals surface area contributed by atoms with Crippen molar-refractivity contribution in [2.45, 2.75) is 18.8 Å². The molecule has 1 saturated carbocycles. The number of fused-ring (bicyclic) bond motifs is 4. The fraction of sp³-hybridized carbons (Fsp3) is 0.381. The first-order valence-electron chi connectivity index (χ1n) is 9.46. The summed E-state index contributed by atoms with van der Waals surface area (Å²) in [4.78, 5) is 29.5. The van der Waals surface area contributed by atoms with Crippen molar-refractivity contribution < 1.29 is 23.1 Å². The lowest BCUT2D eigenvalue weighted by Crippen LogP contribution is -2.39. The zero-order chi connectivity index (χ0) is 21.3. The Morgan fingerprint density at radius 3 is 3.00 bits per heavy atom. The molecule has 1 aromatic heterocycles. The predicted molar refractivity (Wildman–Crippen MR) is 105 cm³/mol. The van der Waals surface area contributed by atoms with Gasteiger partial charge in [0, 0.05) is 24.7 Å². The van der Waals surface area contributed by atoms with Gasteiger partial charge in [0.05, 0.1) is 5.69 Å². The number of carbonyl (C=O) groups excluding carboxylic acids is 2. The second-order valence-electron chi connectivity index (χ2n) is 7.90. The predicted octanol–water partition coefficient (Wildman–Crippen LogP) is 2.61. The Balaban J connectivity index is 1.57. The van der Waals surface area contributed by atoms with Crippen LogP contribution in [0.5, 0.6) is 5.75 Å². The van der Waals surface area contributed by atoms with Gasteiger partial charge in [0.1, 0.15) is 16.0 Å². The molecular weight excluding hydrogens is 412 g/mol. The van der Waals surface area contributed by atoms with Crippen molar-refractivity contribution in [2.75, 3.05) is 20.2 Å². The number of carbonyl (C=O) groups is 2. The van der Waals surface area contributed by atoms with Crippen LogP contribution >= 0.6 is 11.3 Å². The summed E-state index contributed by atoms with van der Waals surface area (Å²) < 4.78 is 34.4. The van der Waals surface area contributed by atoms with Gasteiger partial charge in [-0.1, -0.05) is 11.8 Å². The Morgan fingerprint density at radius 2 is 2.23 bits per heavy atom. The standard InChI is InChI=1S/C21H17F2N3O3S/c1-26-7-5-12-9-20(12,19(26)28)6-4-11-2-3-14-13(8-11)15-16(21(22,23)10-29-14)30-18(25-15)17(24)27/h2-3,8,12H,5,7,9-10H2,1H3,(H2,24,27)/t12?,20-/m0/s1. The number of likely N-dealkylation sites (tertiary alicyclic amines) is 1. The van der Waals surface area contributed by atoms with Gasteiger partial charge in [0.2, 0.25) is 5.91 Å². The number of primary amides is 1. The molecule has 2 fully saturated rings. The van der Waals surface area contributed by atoms with Crippen LogP contribution in [0.1, 0.15) is 33.1 Å². The highest BCUT2D eigenvalue weighted by Gasteiger charge is 2.62. The van der Waals surface area contributed by atoms with Crippen molar-refractivity contribution in [1.82, 2.24) is 9.88 Å². The zero-order valence-corrected chi connectivity index (χ0v) is 16.8. The first kappa shape index (κ1) is 19.0. The molecule has 30 heavy (non-hydrogen) atoms. The first-order valence-corrected chi connectivity index (χ1v) is 10.3. The van der Waals surface area contributed by atoms with E-state index in [9.17, 15) is 18.4 Å². The lowest BCUT2D eigenvalue weighted by atomic mass is 9.96. The maximum absolute atomic E-state index is 14.5. The summed E-state index contributed by atoms with van der Waals surface area (Å²) >= 11 is 0.574. The maximum Gasteiger partial charge on any atom is 0.317 e. The number of benzene rings is 1. The van der Waals surface area contributed by atoms with Crippen molar-refractivity contribution in [2.24, 2.45) is 17.1 Å². The Hall–Kier alpha value is -2.99. The van der Waals surface area contributed by atoms with Crippen LogP contribution in [0, 0.1) is 23.2 Å². The summed E-state index contributed by atoms with van der Waals surface area (Å²) in [6.45, 7) is -0.115. The highest BCUT2D eigenvalue weighted by molar-refractivity contribution is 7.14. The van der Waals surface area contributed by atoms with E-state index in [4.69, 9.17) is 10.5 Å². The normalized spacial score (nSPS) is 25.6. The van der Waals surface area contributed by atoms with E-state index in [0.717, 1.165) is 19.4 Å².